The van der Waals surface area contributed by atoms with Crippen LogP contribution < -0.4 is 4.74 Å². The zero-order valence-corrected chi connectivity index (χ0v) is 14.3. The molecule has 1 unspecified atom stereocenters. The Bertz CT molecular complexity index is 771. The summed E-state index contributed by atoms with van der Waals surface area (Å²) in [5.74, 6) is 0.364. The maximum atomic E-state index is 11.7. The van der Waals surface area contributed by atoms with E-state index in [0.29, 0.717) is 25.2 Å². The summed E-state index contributed by atoms with van der Waals surface area (Å²) in [6.07, 6.45) is 1.77. The molecule has 1 aromatic heterocycles. The number of rotatable bonds is 5. The van der Waals surface area contributed by atoms with Crippen LogP contribution in [0.2, 0.25) is 0 Å². The number of ether oxygens (including phenoxy) is 2. The first-order valence-corrected chi connectivity index (χ1v) is 8.30. The Hall–Kier alpha value is -2.89. The molecule has 0 aliphatic carbocycles. The molecule has 0 radical (unpaired) electrons. The van der Waals surface area contributed by atoms with Crippen LogP contribution in [0.25, 0.3) is 0 Å². The van der Waals surface area contributed by atoms with Gasteiger partial charge in [0.05, 0.1) is 23.6 Å². The molecule has 0 bridgehead atoms. The number of hydrogen-bond acceptors (Lipinski definition) is 6. The van der Waals surface area contributed by atoms with Gasteiger partial charge in [-0.2, -0.15) is 0 Å². The molecule has 2 aromatic rings. The summed E-state index contributed by atoms with van der Waals surface area (Å²) in [4.78, 5) is 21.4. The van der Waals surface area contributed by atoms with Gasteiger partial charge < -0.3 is 14.3 Å². The Kier molecular flexibility index (Phi) is 5.28. The highest BCUT2D eigenvalue weighted by Gasteiger charge is 2.27. The summed E-state index contributed by atoms with van der Waals surface area (Å²) in [6.45, 7) is 4.50. The van der Waals surface area contributed by atoms with Gasteiger partial charge in [0.15, 0.2) is 0 Å². The fraction of sp³-hybridized carbons (Fsp3) is 0.316. The molecule has 0 amide bonds. The predicted molar refractivity (Wildman–Crippen MR) is 92.8 cm³/mol. The van der Waals surface area contributed by atoms with Gasteiger partial charge in [-0.3, -0.25) is 4.98 Å². The van der Waals surface area contributed by atoms with Crippen LogP contribution in [-0.4, -0.2) is 29.9 Å². The number of hydrogen-bond donors (Lipinski definition) is 0. The van der Waals surface area contributed by atoms with Gasteiger partial charge in [0, 0.05) is 18.2 Å². The van der Waals surface area contributed by atoms with E-state index >= 15 is 0 Å². The van der Waals surface area contributed by atoms with Crippen molar-refractivity contribution in [3.05, 3.63) is 59.4 Å². The number of esters is 1. The van der Waals surface area contributed by atoms with Crippen molar-refractivity contribution >= 4 is 11.7 Å². The highest BCUT2D eigenvalue weighted by atomic mass is 16.6. The lowest BCUT2D eigenvalue weighted by atomic mass is 9.98. The van der Waals surface area contributed by atoms with E-state index in [0.717, 1.165) is 22.7 Å². The lowest BCUT2D eigenvalue weighted by molar-refractivity contribution is 0.0525. The fourth-order valence-electron chi connectivity index (χ4n) is 2.61. The second-order valence-electron chi connectivity index (χ2n) is 5.45. The van der Waals surface area contributed by atoms with Crippen molar-refractivity contribution in [3.8, 4) is 5.75 Å². The molecule has 3 rings (SSSR count). The number of fused-ring (bicyclic) bond motifs is 1. The minimum atomic E-state index is -0.380. The quantitative estimate of drug-likeness (QED) is 0.615. The van der Waals surface area contributed by atoms with E-state index in [9.17, 15) is 4.79 Å². The second kappa shape index (κ2) is 7.79. The Balaban J connectivity index is 1.85. The van der Waals surface area contributed by atoms with Gasteiger partial charge in [0.1, 0.15) is 18.5 Å². The molecule has 6 heteroatoms. The van der Waals surface area contributed by atoms with Crippen molar-refractivity contribution < 1.29 is 19.1 Å². The molecule has 0 saturated carbocycles. The average molecular weight is 340 g/mol. The van der Waals surface area contributed by atoms with Crippen molar-refractivity contribution in [2.24, 2.45) is 5.16 Å². The van der Waals surface area contributed by atoms with Crippen molar-refractivity contribution in [3.63, 3.8) is 0 Å². The summed E-state index contributed by atoms with van der Waals surface area (Å²) < 4.78 is 11.0. The average Bonchev–Trinajstić information content (AvgIpc) is 2.66. The Labute approximate surface area is 146 Å². The van der Waals surface area contributed by atoms with E-state index in [1.807, 2.05) is 31.2 Å². The normalized spacial score (nSPS) is 17.5. The van der Waals surface area contributed by atoms with Crippen LogP contribution in [0.5, 0.6) is 5.75 Å². The molecule has 0 N–H and O–H groups in total. The van der Waals surface area contributed by atoms with Crippen LogP contribution in [0.3, 0.4) is 0 Å². The topological polar surface area (TPSA) is 70.0 Å². The van der Waals surface area contributed by atoms with Crippen molar-refractivity contribution in [1.29, 1.82) is 0 Å². The molecule has 0 spiro atoms. The van der Waals surface area contributed by atoms with E-state index in [4.69, 9.17) is 14.3 Å². The van der Waals surface area contributed by atoms with Gasteiger partial charge in [-0.15, -0.1) is 0 Å². The van der Waals surface area contributed by atoms with Crippen LogP contribution >= 0.6 is 0 Å². The molecule has 6 nitrogen and oxygen atoms in total. The minimum absolute atomic E-state index is 0.287. The third-order valence-corrected chi connectivity index (χ3v) is 3.78. The highest BCUT2D eigenvalue weighted by Crippen LogP contribution is 2.34. The first-order chi connectivity index (χ1) is 12.2. The van der Waals surface area contributed by atoms with Crippen molar-refractivity contribution in [2.75, 3.05) is 13.2 Å². The van der Waals surface area contributed by atoms with Gasteiger partial charge in [0.25, 0.3) is 0 Å². The largest absolute Gasteiger partial charge is 0.483 e. The number of benzene rings is 1. The molecule has 1 aliphatic heterocycles. The third-order valence-electron chi connectivity index (χ3n) is 3.78. The smallest absolute Gasteiger partial charge is 0.339 e. The van der Waals surface area contributed by atoms with Gasteiger partial charge in [-0.25, -0.2) is 4.79 Å². The lowest BCUT2D eigenvalue weighted by Gasteiger charge is -2.26. The summed E-state index contributed by atoms with van der Waals surface area (Å²) in [5.41, 5.74) is 2.90. The molecule has 1 aromatic carbocycles. The zero-order valence-electron chi connectivity index (χ0n) is 14.3. The number of pyridine rings is 1. The zero-order chi connectivity index (χ0) is 17.6. The van der Waals surface area contributed by atoms with E-state index in [2.05, 4.69) is 10.1 Å². The van der Waals surface area contributed by atoms with E-state index in [-0.39, 0.29) is 12.1 Å². The van der Waals surface area contributed by atoms with Crippen LogP contribution in [0.1, 0.15) is 48.0 Å². The van der Waals surface area contributed by atoms with Crippen LogP contribution in [0, 0.1) is 0 Å². The number of carbonyl (C=O) groups is 1. The van der Waals surface area contributed by atoms with Crippen molar-refractivity contribution in [2.45, 2.75) is 26.4 Å². The predicted octanol–water partition coefficient (Wildman–Crippen LogP) is 3.52. The Morgan fingerprint density at radius 2 is 2.08 bits per heavy atom. The number of nitrogens with zero attached hydrogens (tertiary/aromatic N) is 2. The molecule has 0 fully saturated rings. The number of oxime groups is 1. The third kappa shape index (κ3) is 3.79. The van der Waals surface area contributed by atoms with E-state index in [1.54, 1.807) is 19.1 Å². The summed E-state index contributed by atoms with van der Waals surface area (Å²) in [7, 11) is 0. The SMILES string of the molecule is CCO/N=C1/CC(c2ccc(C(=O)OCC)cn2)Oc2ccccc21. The first kappa shape index (κ1) is 17.0. The molecule has 1 atom stereocenters. The second-order valence-corrected chi connectivity index (χ2v) is 5.45. The van der Waals surface area contributed by atoms with Crippen LogP contribution in [0.15, 0.2) is 47.8 Å². The maximum Gasteiger partial charge on any atom is 0.339 e. The molecular weight excluding hydrogens is 320 g/mol. The molecular formula is C19H20N2O4. The first-order valence-electron chi connectivity index (χ1n) is 8.30. The van der Waals surface area contributed by atoms with Gasteiger partial charge in [-0.05, 0) is 38.1 Å². The number of carbonyl (C=O) groups excluding carboxylic acids is 1. The van der Waals surface area contributed by atoms with Gasteiger partial charge >= 0.3 is 5.97 Å². The Morgan fingerprint density at radius 3 is 2.80 bits per heavy atom. The number of aromatic nitrogens is 1. The van der Waals surface area contributed by atoms with Crippen LogP contribution in [-0.2, 0) is 9.57 Å². The highest BCUT2D eigenvalue weighted by molar-refractivity contribution is 6.03. The molecule has 0 saturated heterocycles. The number of para-hydroxylation sites is 1. The maximum absolute atomic E-state index is 11.7. The molecule has 2 heterocycles. The minimum Gasteiger partial charge on any atom is -0.483 e. The summed E-state index contributed by atoms with van der Waals surface area (Å²) in [5, 5.41) is 4.22. The monoisotopic (exact) mass is 340 g/mol. The van der Waals surface area contributed by atoms with Gasteiger partial charge in [-0.1, -0.05) is 17.3 Å². The summed E-state index contributed by atoms with van der Waals surface area (Å²) in [6, 6.07) is 11.2. The lowest BCUT2D eigenvalue weighted by Crippen LogP contribution is -2.22. The fourth-order valence-corrected chi connectivity index (χ4v) is 2.61. The van der Waals surface area contributed by atoms with Crippen molar-refractivity contribution in [1.82, 2.24) is 4.98 Å². The van der Waals surface area contributed by atoms with E-state index < -0.39 is 0 Å². The van der Waals surface area contributed by atoms with Crippen LogP contribution in [0.4, 0.5) is 0 Å². The Morgan fingerprint density at radius 1 is 1.24 bits per heavy atom. The van der Waals surface area contributed by atoms with Gasteiger partial charge in [0.2, 0.25) is 0 Å². The standard InChI is InChI=1S/C19H20N2O4/c1-3-23-19(22)13-9-10-15(20-12-13)18-11-16(21-24-4-2)14-7-5-6-8-17(14)25-18/h5-10,12,18H,3-4,11H2,1-2H3/b21-16-. The molecule has 1 aliphatic rings. The molecule has 25 heavy (non-hydrogen) atoms. The summed E-state index contributed by atoms with van der Waals surface area (Å²) >= 11 is 0. The van der Waals surface area contributed by atoms with E-state index in [1.165, 1.54) is 6.20 Å². The molecule has 130 valence electrons.